The number of benzene rings is 1. The van der Waals surface area contributed by atoms with Gasteiger partial charge in [-0.05, 0) is 43.7 Å². The summed E-state index contributed by atoms with van der Waals surface area (Å²) in [6.07, 6.45) is 4.57. The molecule has 1 heterocycles. The molecule has 1 N–H and O–H groups in total. The summed E-state index contributed by atoms with van der Waals surface area (Å²) in [6, 6.07) is 7.92. The zero-order valence-corrected chi connectivity index (χ0v) is 11.8. The second kappa shape index (κ2) is 5.14. The van der Waals surface area contributed by atoms with Crippen molar-refractivity contribution in [3.05, 3.63) is 34.9 Å². The molecule has 0 amide bonds. The lowest BCUT2D eigenvalue weighted by Crippen LogP contribution is -2.37. The zero-order valence-electron chi connectivity index (χ0n) is 10.9. The fraction of sp³-hybridized carbons (Fsp3) is 0.600. The van der Waals surface area contributed by atoms with Crippen LogP contribution in [-0.4, -0.2) is 21.8 Å². The van der Waals surface area contributed by atoms with Gasteiger partial charge in [-0.1, -0.05) is 23.8 Å². The highest BCUT2D eigenvalue weighted by Crippen LogP contribution is 2.32. The van der Waals surface area contributed by atoms with Crippen LogP contribution < -0.4 is 5.32 Å². The molecule has 0 spiro atoms. The van der Waals surface area contributed by atoms with Crippen molar-refractivity contribution < 1.29 is 4.21 Å². The van der Waals surface area contributed by atoms with Gasteiger partial charge in [0.05, 0.1) is 0 Å². The standard InChI is InChI=1S/C15H21NOS/c1-11-2-3-12-4-5-15(14(12)10-11)16-13-6-8-18(17)9-7-13/h2-3,10,13,15-16H,4-9H2,1H3. The minimum Gasteiger partial charge on any atom is -0.307 e. The molecule has 0 aromatic heterocycles. The van der Waals surface area contributed by atoms with Crippen LogP contribution in [0.15, 0.2) is 18.2 Å². The molecule has 0 radical (unpaired) electrons. The van der Waals surface area contributed by atoms with E-state index in [4.69, 9.17) is 0 Å². The van der Waals surface area contributed by atoms with Crippen molar-refractivity contribution in [1.82, 2.24) is 5.32 Å². The monoisotopic (exact) mass is 263 g/mol. The van der Waals surface area contributed by atoms with Crippen LogP contribution in [0, 0.1) is 6.92 Å². The lowest BCUT2D eigenvalue weighted by molar-refractivity contribution is 0.408. The van der Waals surface area contributed by atoms with Crippen LogP contribution in [0.3, 0.4) is 0 Å². The van der Waals surface area contributed by atoms with Crippen LogP contribution >= 0.6 is 0 Å². The minimum absolute atomic E-state index is 0.524. The normalized spacial score (nSPS) is 31.3. The van der Waals surface area contributed by atoms with Crippen LogP contribution in [0.4, 0.5) is 0 Å². The van der Waals surface area contributed by atoms with Gasteiger partial charge in [-0.3, -0.25) is 4.21 Å². The first-order valence-electron chi connectivity index (χ1n) is 6.93. The minimum atomic E-state index is -0.553. The third kappa shape index (κ3) is 2.52. The Bertz CT molecular complexity index is 462. The van der Waals surface area contributed by atoms with Gasteiger partial charge in [0.15, 0.2) is 0 Å². The quantitative estimate of drug-likeness (QED) is 0.888. The Kier molecular flexibility index (Phi) is 3.53. The second-order valence-electron chi connectivity index (χ2n) is 5.58. The summed E-state index contributed by atoms with van der Waals surface area (Å²) >= 11 is 0. The largest absolute Gasteiger partial charge is 0.307 e. The van der Waals surface area contributed by atoms with E-state index in [9.17, 15) is 4.21 Å². The topological polar surface area (TPSA) is 29.1 Å². The van der Waals surface area contributed by atoms with E-state index >= 15 is 0 Å². The molecule has 1 aromatic carbocycles. The lowest BCUT2D eigenvalue weighted by atomic mass is 10.0. The number of fused-ring (bicyclic) bond motifs is 1. The number of hydrogen-bond donors (Lipinski definition) is 1. The Morgan fingerprint density at radius 1 is 1.22 bits per heavy atom. The van der Waals surface area contributed by atoms with Gasteiger partial charge in [-0.25, -0.2) is 0 Å². The van der Waals surface area contributed by atoms with E-state index in [1.807, 2.05) is 0 Å². The molecule has 1 atom stereocenters. The summed E-state index contributed by atoms with van der Waals surface area (Å²) in [5.41, 5.74) is 4.37. The predicted octanol–water partition coefficient (Wildman–Crippen LogP) is 2.48. The summed E-state index contributed by atoms with van der Waals surface area (Å²) in [5.74, 6) is 1.76. The Morgan fingerprint density at radius 3 is 2.78 bits per heavy atom. The molecule has 3 rings (SSSR count). The number of aryl methyl sites for hydroxylation is 2. The van der Waals surface area contributed by atoms with Crippen LogP contribution in [0.5, 0.6) is 0 Å². The molecule has 1 aliphatic carbocycles. The van der Waals surface area contributed by atoms with Crippen molar-refractivity contribution in [1.29, 1.82) is 0 Å². The SMILES string of the molecule is Cc1ccc2c(c1)C(NC1CCS(=O)CC1)CC2. The van der Waals surface area contributed by atoms with Crippen LogP contribution in [0.2, 0.25) is 0 Å². The fourth-order valence-electron chi connectivity index (χ4n) is 3.14. The zero-order chi connectivity index (χ0) is 12.5. The Morgan fingerprint density at radius 2 is 2.00 bits per heavy atom. The van der Waals surface area contributed by atoms with E-state index in [-0.39, 0.29) is 0 Å². The van der Waals surface area contributed by atoms with E-state index in [2.05, 4.69) is 30.4 Å². The maximum absolute atomic E-state index is 11.4. The molecule has 0 bridgehead atoms. The van der Waals surface area contributed by atoms with Crippen LogP contribution in [0.25, 0.3) is 0 Å². The highest BCUT2D eigenvalue weighted by atomic mass is 32.2. The van der Waals surface area contributed by atoms with Crippen LogP contribution in [0.1, 0.15) is 42.0 Å². The molecule has 1 fully saturated rings. The average molecular weight is 263 g/mol. The van der Waals surface area contributed by atoms with E-state index in [1.54, 1.807) is 0 Å². The molecule has 1 unspecified atom stereocenters. The Balaban J connectivity index is 1.69. The molecule has 1 aliphatic heterocycles. The van der Waals surface area contributed by atoms with Crippen molar-refractivity contribution in [3.63, 3.8) is 0 Å². The van der Waals surface area contributed by atoms with E-state index in [0.29, 0.717) is 12.1 Å². The van der Waals surface area contributed by atoms with Gasteiger partial charge in [0.25, 0.3) is 0 Å². The van der Waals surface area contributed by atoms with Crippen LogP contribution in [-0.2, 0) is 17.2 Å². The first-order chi connectivity index (χ1) is 8.72. The molecule has 3 heteroatoms. The number of nitrogens with one attached hydrogen (secondary N) is 1. The van der Waals surface area contributed by atoms with Crippen molar-refractivity contribution >= 4 is 10.8 Å². The molecule has 18 heavy (non-hydrogen) atoms. The van der Waals surface area contributed by atoms with Gasteiger partial charge in [-0.15, -0.1) is 0 Å². The first-order valence-corrected chi connectivity index (χ1v) is 8.41. The van der Waals surface area contributed by atoms with Gasteiger partial charge in [-0.2, -0.15) is 0 Å². The second-order valence-corrected chi connectivity index (χ2v) is 7.28. The molecule has 1 saturated heterocycles. The summed E-state index contributed by atoms with van der Waals surface area (Å²) in [4.78, 5) is 0. The molecule has 2 nitrogen and oxygen atoms in total. The summed E-state index contributed by atoms with van der Waals surface area (Å²) in [7, 11) is -0.553. The third-order valence-electron chi connectivity index (χ3n) is 4.20. The lowest BCUT2D eigenvalue weighted by Gasteiger charge is -2.26. The van der Waals surface area contributed by atoms with E-state index in [0.717, 1.165) is 24.3 Å². The molecular weight excluding hydrogens is 242 g/mol. The number of hydrogen-bond acceptors (Lipinski definition) is 2. The smallest absolute Gasteiger partial charge is 0.0328 e. The van der Waals surface area contributed by atoms with Gasteiger partial charge in [0.1, 0.15) is 0 Å². The van der Waals surface area contributed by atoms with Crippen molar-refractivity contribution in [2.75, 3.05) is 11.5 Å². The molecule has 2 aliphatic rings. The van der Waals surface area contributed by atoms with Gasteiger partial charge >= 0.3 is 0 Å². The predicted molar refractivity (Wildman–Crippen MR) is 76.3 cm³/mol. The van der Waals surface area contributed by atoms with E-state index < -0.39 is 10.8 Å². The fourth-order valence-corrected chi connectivity index (χ4v) is 4.44. The van der Waals surface area contributed by atoms with Gasteiger partial charge in [0, 0.05) is 34.4 Å². The summed E-state index contributed by atoms with van der Waals surface area (Å²) < 4.78 is 11.4. The average Bonchev–Trinajstić information content (AvgIpc) is 2.75. The van der Waals surface area contributed by atoms with Gasteiger partial charge in [0.2, 0.25) is 0 Å². The molecular formula is C15H21NOS. The van der Waals surface area contributed by atoms with E-state index in [1.165, 1.54) is 29.5 Å². The van der Waals surface area contributed by atoms with Gasteiger partial charge < -0.3 is 5.32 Å². The Hall–Kier alpha value is -0.670. The third-order valence-corrected chi connectivity index (χ3v) is 5.59. The number of rotatable bonds is 2. The maximum Gasteiger partial charge on any atom is 0.0328 e. The molecule has 98 valence electrons. The highest BCUT2D eigenvalue weighted by Gasteiger charge is 2.26. The van der Waals surface area contributed by atoms with Crippen molar-refractivity contribution in [2.45, 2.75) is 44.7 Å². The molecule has 0 saturated carbocycles. The summed E-state index contributed by atoms with van der Waals surface area (Å²) in [6.45, 7) is 2.17. The Labute approximate surface area is 112 Å². The molecule has 1 aromatic rings. The first kappa shape index (κ1) is 12.4. The highest BCUT2D eigenvalue weighted by molar-refractivity contribution is 7.85. The van der Waals surface area contributed by atoms with Crippen molar-refractivity contribution in [3.8, 4) is 0 Å². The summed E-state index contributed by atoms with van der Waals surface area (Å²) in [5, 5.41) is 3.79. The maximum atomic E-state index is 11.4. The van der Waals surface area contributed by atoms with Crippen molar-refractivity contribution in [2.24, 2.45) is 0 Å².